The first-order valence-corrected chi connectivity index (χ1v) is 7.62. The van der Waals surface area contributed by atoms with Gasteiger partial charge in [-0.1, -0.05) is 5.16 Å². The van der Waals surface area contributed by atoms with Gasteiger partial charge in [0.1, 0.15) is 6.10 Å². The first-order valence-electron chi connectivity index (χ1n) is 7.62. The van der Waals surface area contributed by atoms with Gasteiger partial charge in [0.25, 0.3) is 5.91 Å². The number of nitrogens with zero attached hydrogens (tertiary/aromatic N) is 3. The molecule has 2 aliphatic rings. The molecule has 21 heavy (non-hydrogen) atoms. The van der Waals surface area contributed by atoms with Crippen molar-refractivity contribution in [2.45, 2.75) is 50.7 Å². The van der Waals surface area contributed by atoms with Crippen molar-refractivity contribution in [1.82, 2.24) is 15.0 Å². The number of aromatic nitrogens is 2. The maximum atomic E-state index is 12.4. The molecule has 0 radical (unpaired) electrons. The Labute approximate surface area is 123 Å². The zero-order valence-corrected chi connectivity index (χ0v) is 12.3. The van der Waals surface area contributed by atoms with Gasteiger partial charge in [-0.3, -0.25) is 4.79 Å². The van der Waals surface area contributed by atoms with Crippen LogP contribution < -0.4 is 5.73 Å². The molecule has 2 saturated heterocycles. The van der Waals surface area contributed by atoms with Crippen LogP contribution in [0.2, 0.25) is 0 Å². The molecule has 7 nitrogen and oxygen atoms in total. The summed E-state index contributed by atoms with van der Waals surface area (Å²) in [6, 6.07) is 0. The summed E-state index contributed by atoms with van der Waals surface area (Å²) in [7, 11) is 0. The Morgan fingerprint density at radius 2 is 2.10 bits per heavy atom. The summed E-state index contributed by atoms with van der Waals surface area (Å²) in [5.41, 5.74) is 5.59. The van der Waals surface area contributed by atoms with Crippen LogP contribution in [0.25, 0.3) is 0 Å². The van der Waals surface area contributed by atoms with Crippen LogP contribution >= 0.6 is 0 Å². The van der Waals surface area contributed by atoms with E-state index in [1.165, 1.54) is 0 Å². The lowest BCUT2D eigenvalue weighted by atomic mass is 9.96. The van der Waals surface area contributed by atoms with Crippen molar-refractivity contribution in [1.29, 1.82) is 0 Å². The smallest absolute Gasteiger partial charge is 0.251 e. The molecule has 0 spiro atoms. The predicted molar refractivity (Wildman–Crippen MR) is 74.5 cm³/mol. The second kappa shape index (κ2) is 6.11. The average molecular weight is 294 g/mol. The zero-order chi connectivity index (χ0) is 14.8. The van der Waals surface area contributed by atoms with E-state index < -0.39 is 0 Å². The lowest BCUT2D eigenvalue weighted by Crippen LogP contribution is -2.43. The fourth-order valence-electron chi connectivity index (χ4n) is 3.09. The van der Waals surface area contributed by atoms with Gasteiger partial charge in [-0.05, 0) is 32.6 Å². The largest absolute Gasteiger partial charge is 0.364 e. The molecule has 1 aromatic heterocycles. The molecule has 2 fully saturated rings. The molecular formula is C14H22N4O3. The van der Waals surface area contributed by atoms with Gasteiger partial charge in [-0.2, -0.15) is 4.98 Å². The Morgan fingerprint density at radius 3 is 2.67 bits per heavy atom. The lowest BCUT2D eigenvalue weighted by molar-refractivity contribution is -0.143. The number of amides is 1. The molecule has 0 aromatic carbocycles. The maximum Gasteiger partial charge on any atom is 0.251 e. The zero-order valence-electron chi connectivity index (χ0n) is 12.3. The quantitative estimate of drug-likeness (QED) is 0.876. The van der Waals surface area contributed by atoms with Crippen LogP contribution in [0.3, 0.4) is 0 Å². The van der Waals surface area contributed by atoms with E-state index in [2.05, 4.69) is 10.1 Å². The molecule has 1 aromatic rings. The molecule has 2 aliphatic heterocycles. The molecule has 3 rings (SSSR count). The molecule has 0 saturated carbocycles. The van der Waals surface area contributed by atoms with Crippen molar-refractivity contribution >= 4 is 5.91 Å². The minimum Gasteiger partial charge on any atom is -0.364 e. The van der Waals surface area contributed by atoms with Crippen LogP contribution in [-0.4, -0.2) is 52.8 Å². The minimum absolute atomic E-state index is 0.0397. The number of aryl methyl sites for hydroxylation is 1. The number of hydrogen-bond acceptors (Lipinski definition) is 6. The highest BCUT2D eigenvalue weighted by atomic mass is 16.5. The third kappa shape index (κ3) is 3.08. The summed E-state index contributed by atoms with van der Waals surface area (Å²) < 4.78 is 10.9. The highest BCUT2D eigenvalue weighted by molar-refractivity contribution is 5.81. The monoisotopic (exact) mass is 294 g/mol. The molecule has 1 amide bonds. The van der Waals surface area contributed by atoms with Gasteiger partial charge in [0.05, 0.1) is 6.10 Å². The number of ether oxygens (including phenoxy) is 1. The molecule has 7 heteroatoms. The Kier molecular flexibility index (Phi) is 4.21. The normalized spacial score (nSPS) is 27.2. The first kappa shape index (κ1) is 14.5. The van der Waals surface area contributed by atoms with Crippen LogP contribution in [-0.2, 0) is 9.53 Å². The van der Waals surface area contributed by atoms with Gasteiger partial charge in [-0.25, -0.2) is 0 Å². The van der Waals surface area contributed by atoms with Crippen molar-refractivity contribution in [2.24, 2.45) is 5.73 Å². The van der Waals surface area contributed by atoms with Crippen molar-refractivity contribution in [3.05, 3.63) is 11.7 Å². The summed E-state index contributed by atoms with van der Waals surface area (Å²) in [4.78, 5) is 18.6. The minimum atomic E-state index is -0.305. The molecule has 3 heterocycles. The maximum absolute atomic E-state index is 12.4. The van der Waals surface area contributed by atoms with Crippen LogP contribution in [0, 0.1) is 6.92 Å². The fraction of sp³-hybridized carbons (Fsp3) is 0.786. The molecule has 2 atom stereocenters. The van der Waals surface area contributed by atoms with Crippen molar-refractivity contribution in [3.63, 3.8) is 0 Å². The van der Waals surface area contributed by atoms with E-state index in [1.54, 1.807) is 0 Å². The third-order valence-electron chi connectivity index (χ3n) is 4.35. The lowest BCUT2D eigenvalue weighted by Gasteiger charge is -2.32. The first-order chi connectivity index (χ1) is 10.2. The fourth-order valence-corrected chi connectivity index (χ4v) is 3.09. The number of carbonyl (C=O) groups is 1. The van der Waals surface area contributed by atoms with E-state index in [9.17, 15) is 4.79 Å². The van der Waals surface area contributed by atoms with Gasteiger partial charge in [-0.15, -0.1) is 0 Å². The van der Waals surface area contributed by atoms with E-state index >= 15 is 0 Å². The topological polar surface area (TPSA) is 94.5 Å². The highest BCUT2D eigenvalue weighted by Crippen LogP contribution is 2.28. The Morgan fingerprint density at radius 1 is 1.33 bits per heavy atom. The Balaban J connectivity index is 1.52. The van der Waals surface area contributed by atoms with Crippen molar-refractivity contribution in [3.8, 4) is 0 Å². The Bertz CT molecular complexity index is 496. The SMILES string of the molecule is Cc1noc(C2CCN(C(=O)[C@@H]3CC[C@H](CN)O3)CC2)n1. The predicted octanol–water partition coefficient (Wildman–Crippen LogP) is 0.590. The summed E-state index contributed by atoms with van der Waals surface area (Å²) >= 11 is 0. The number of carbonyl (C=O) groups excluding carboxylic acids is 1. The van der Waals surface area contributed by atoms with E-state index in [-0.39, 0.29) is 24.0 Å². The number of hydrogen-bond donors (Lipinski definition) is 1. The van der Waals surface area contributed by atoms with E-state index in [0.29, 0.717) is 18.3 Å². The van der Waals surface area contributed by atoms with Gasteiger partial charge in [0, 0.05) is 25.6 Å². The molecule has 116 valence electrons. The molecule has 0 unspecified atom stereocenters. The summed E-state index contributed by atoms with van der Waals surface area (Å²) in [5, 5.41) is 3.83. The molecular weight excluding hydrogens is 272 g/mol. The second-order valence-corrected chi connectivity index (χ2v) is 5.84. The standard InChI is InChI=1S/C14H22N4O3/c1-9-16-13(21-17-9)10-4-6-18(7-5-10)14(19)12-3-2-11(8-15)20-12/h10-12H,2-8,15H2,1H3/t11-,12+/m1/s1. The van der Waals surface area contributed by atoms with Crippen molar-refractivity contribution < 1.29 is 14.1 Å². The van der Waals surface area contributed by atoms with Crippen LogP contribution in [0.4, 0.5) is 0 Å². The number of rotatable bonds is 3. The van der Waals surface area contributed by atoms with Crippen molar-refractivity contribution in [2.75, 3.05) is 19.6 Å². The summed E-state index contributed by atoms with van der Waals surface area (Å²) in [6.45, 7) is 3.75. The van der Waals surface area contributed by atoms with E-state index in [4.69, 9.17) is 15.0 Å². The van der Waals surface area contributed by atoms with Crippen LogP contribution in [0.5, 0.6) is 0 Å². The van der Waals surface area contributed by atoms with E-state index in [0.717, 1.165) is 38.8 Å². The van der Waals surface area contributed by atoms with E-state index in [1.807, 2.05) is 11.8 Å². The number of nitrogens with two attached hydrogens (primary N) is 1. The molecule has 0 bridgehead atoms. The summed E-state index contributed by atoms with van der Waals surface area (Å²) in [6.07, 6.45) is 3.12. The van der Waals surface area contributed by atoms with Gasteiger partial charge in [0.2, 0.25) is 5.89 Å². The van der Waals surface area contributed by atoms with Crippen LogP contribution in [0.1, 0.15) is 43.3 Å². The second-order valence-electron chi connectivity index (χ2n) is 5.84. The summed E-state index contributed by atoms with van der Waals surface area (Å²) in [5.74, 6) is 1.72. The van der Waals surface area contributed by atoms with Gasteiger partial charge in [0.15, 0.2) is 5.82 Å². The average Bonchev–Trinajstić information content (AvgIpc) is 3.15. The Hall–Kier alpha value is -1.47. The van der Waals surface area contributed by atoms with Gasteiger partial charge < -0.3 is 19.9 Å². The number of likely N-dealkylation sites (tertiary alicyclic amines) is 1. The van der Waals surface area contributed by atoms with Crippen LogP contribution in [0.15, 0.2) is 4.52 Å². The molecule has 2 N–H and O–H groups in total. The van der Waals surface area contributed by atoms with Gasteiger partial charge >= 0.3 is 0 Å². The highest BCUT2D eigenvalue weighted by Gasteiger charge is 2.35. The molecule has 0 aliphatic carbocycles. The number of piperidine rings is 1. The third-order valence-corrected chi connectivity index (χ3v) is 4.35.